The Hall–Kier alpha value is -4.20. The monoisotopic (exact) mass is 643 g/mol. The van der Waals surface area contributed by atoms with Gasteiger partial charge in [-0.1, -0.05) is 18.2 Å². The first kappa shape index (κ1) is 33.7. The lowest BCUT2D eigenvalue weighted by Gasteiger charge is -2.29. The van der Waals surface area contributed by atoms with Crippen LogP contribution in [0.4, 0.5) is 4.39 Å². The smallest absolute Gasteiger partial charge is 0.261 e. The molecule has 1 atom stereocenters. The van der Waals surface area contributed by atoms with Crippen molar-refractivity contribution in [2.45, 2.75) is 30.8 Å². The van der Waals surface area contributed by atoms with Crippen LogP contribution in [0.15, 0.2) is 71.6 Å². The quantitative estimate of drug-likeness (QED) is 0.285. The van der Waals surface area contributed by atoms with Crippen LogP contribution in [0.5, 0.6) is 17.2 Å². The largest absolute Gasteiger partial charge is 0.493 e. The van der Waals surface area contributed by atoms with Gasteiger partial charge in [0.15, 0.2) is 18.1 Å². The van der Waals surface area contributed by atoms with E-state index < -0.39 is 34.4 Å². The summed E-state index contributed by atoms with van der Waals surface area (Å²) in [5.74, 6) is 0.206. The van der Waals surface area contributed by atoms with Crippen molar-refractivity contribution in [2.24, 2.45) is 0 Å². The molecule has 1 aliphatic heterocycles. The highest BCUT2D eigenvalue weighted by atomic mass is 32.2. The summed E-state index contributed by atoms with van der Waals surface area (Å²) in [6.45, 7) is 2.80. The lowest BCUT2D eigenvalue weighted by atomic mass is 10.1. The maximum Gasteiger partial charge on any atom is 0.261 e. The molecule has 3 aromatic rings. The molecule has 45 heavy (non-hydrogen) atoms. The van der Waals surface area contributed by atoms with E-state index in [0.717, 1.165) is 5.56 Å². The van der Waals surface area contributed by atoms with Crippen LogP contribution >= 0.6 is 0 Å². The molecule has 0 radical (unpaired) electrons. The summed E-state index contributed by atoms with van der Waals surface area (Å²) >= 11 is 0. The van der Waals surface area contributed by atoms with Gasteiger partial charge in [-0.25, -0.2) is 12.8 Å². The minimum atomic E-state index is -3.67. The van der Waals surface area contributed by atoms with Crippen LogP contribution in [0.3, 0.4) is 0 Å². The predicted molar refractivity (Wildman–Crippen MR) is 164 cm³/mol. The van der Waals surface area contributed by atoms with E-state index in [1.165, 1.54) is 45.6 Å². The highest BCUT2D eigenvalue weighted by Gasteiger charge is 2.28. The molecule has 0 bridgehead atoms. The summed E-state index contributed by atoms with van der Waals surface area (Å²) in [4.78, 5) is 28.0. The van der Waals surface area contributed by atoms with Crippen molar-refractivity contribution >= 4 is 21.8 Å². The number of hydrogen-bond donors (Lipinski definition) is 1. The minimum absolute atomic E-state index is 0.0451. The number of carbonyl (C=O) groups is 2. The number of carbonyl (C=O) groups excluding carboxylic acids is 2. The first-order chi connectivity index (χ1) is 21.6. The molecule has 0 aliphatic carbocycles. The number of nitrogens with zero attached hydrogens (tertiary/aromatic N) is 2. The lowest BCUT2D eigenvalue weighted by Crippen LogP contribution is -2.49. The van der Waals surface area contributed by atoms with Crippen molar-refractivity contribution in [1.29, 1.82) is 0 Å². The van der Waals surface area contributed by atoms with Crippen LogP contribution in [0, 0.1) is 5.82 Å². The van der Waals surface area contributed by atoms with E-state index in [-0.39, 0.29) is 36.2 Å². The fraction of sp³-hybridized carbons (Fsp3) is 0.375. The third-order valence-electron chi connectivity index (χ3n) is 7.39. The Morgan fingerprint density at radius 3 is 2.24 bits per heavy atom. The molecule has 0 spiro atoms. The number of ether oxygens (including phenoxy) is 4. The van der Waals surface area contributed by atoms with E-state index in [2.05, 4.69) is 5.32 Å². The Labute approximate surface area is 262 Å². The van der Waals surface area contributed by atoms with E-state index in [1.54, 1.807) is 39.3 Å². The molecule has 3 aromatic carbocycles. The van der Waals surface area contributed by atoms with E-state index in [1.807, 2.05) is 12.1 Å². The number of halogens is 1. The highest BCUT2D eigenvalue weighted by Crippen LogP contribution is 2.27. The molecule has 0 aromatic heterocycles. The first-order valence-electron chi connectivity index (χ1n) is 14.5. The van der Waals surface area contributed by atoms with Gasteiger partial charge in [0.2, 0.25) is 15.9 Å². The van der Waals surface area contributed by atoms with Crippen molar-refractivity contribution in [3.05, 3.63) is 83.7 Å². The molecule has 1 heterocycles. The lowest BCUT2D eigenvalue weighted by molar-refractivity contribution is -0.142. The second-order valence-electron chi connectivity index (χ2n) is 10.3. The van der Waals surface area contributed by atoms with Crippen LogP contribution in [0.25, 0.3) is 0 Å². The summed E-state index contributed by atoms with van der Waals surface area (Å²) in [5, 5.41) is 2.87. The zero-order chi connectivity index (χ0) is 32.4. The maximum atomic E-state index is 13.5. The number of morpholine rings is 1. The molecular weight excluding hydrogens is 605 g/mol. The number of hydrogen-bond acceptors (Lipinski definition) is 8. The van der Waals surface area contributed by atoms with Crippen LogP contribution in [-0.4, -0.2) is 89.2 Å². The van der Waals surface area contributed by atoms with E-state index in [0.29, 0.717) is 43.2 Å². The minimum Gasteiger partial charge on any atom is -0.493 e. The zero-order valence-corrected chi connectivity index (χ0v) is 26.3. The predicted octanol–water partition coefficient (Wildman–Crippen LogP) is 3.02. The van der Waals surface area contributed by atoms with Gasteiger partial charge < -0.3 is 29.2 Å². The molecule has 1 fully saturated rings. The number of rotatable bonds is 14. The molecular formula is C32H38FN3O8S. The highest BCUT2D eigenvalue weighted by molar-refractivity contribution is 7.89. The molecule has 13 heteroatoms. The zero-order valence-electron chi connectivity index (χ0n) is 25.5. The van der Waals surface area contributed by atoms with Gasteiger partial charge in [0, 0.05) is 26.2 Å². The van der Waals surface area contributed by atoms with Crippen LogP contribution in [0.1, 0.15) is 18.1 Å². The Bertz CT molecular complexity index is 1550. The Morgan fingerprint density at radius 1 is 0.956 bits per heavy atom. The SMILES string of the molecule is COc1ccc(CCNC(=O)[C@H](C)N(Cc2ccc(F)cc2)C(=O)COc2ccc(S(=O)(=O)N3CCOCC3)cc2)cc1OC. The fourth-order valence-electron chi connectivity index (χ4n) is 4.75. The molecule has 1 aliphatic rings. The molecule has 0 saturated carbocycles. The van der Waals surface area contributed by atoms with Crippen molar-refractivity contribution in [3.8, 4) is 17.2 Å². The van der Waals surface area contributed by atoms with Gasteiger partial charge >= 0.3 is 0 Å². The maximum absolute atomic E-state index is 13.5. The van der Waals surface area contributed by atoms with Crippen LogP contribution < -0.4 is 19.5 Å². The first-order valence-corrected chi connectivity index (χ1v) is 15.9. The number of amides is 2. The van der Waals surface area contributed by atoms with Gasteiger partial charge in [0.1, 0.15) is 17.6 Å². The van der Waals surface area contributed by atoms with Gasteiger partial charge in [-0.2, -0.15) is 4.31 Å². The number of methoxy groups -OCH3 is 2. The summed E-state index contributed by atoms with van der Waals surface area (Å²) in [5.41, 5.74) is 1.56. The van der Waals surface area contributed by atoms with Gasteiger partial charge in [-0.3, -0.25) is 9.59 Å². The molecule has 242 valence electrons. The van der Waals surface area contributed by atoms with Crippen molar-refractivity contribution < 1.29 is 41.3 Å². The average Bonchev–Trinajstić information content (AvgIpc) is 3.07. The molecule has 0 unspecified atom stereocenters. The van der Waals surface area contributed by atoms with Gasteiger partial charge in [-0.05, 0) is 73.0 Å². The number of sulfonamides is 1. The third-order valence-corrected chi connectivity index (χ3v) is 9.30. The fourth-order valence-corrected chi connectivity index (χ4v) is 6.16. The third kappa shape index (κ3) is 8.93. The second kappa shape index (κ2) is 15.7. The van der Waals surface area contributed by atoms with Crippen molar-refractivity contribution in [1.82, 2.24) is 14.5 Å². The molecule has 1 N–H and O–H groups in total. The number of benzene rings is 3. The second-order valence-corrected chi connectivity index (χ2v) is 12.3. The van der Waals surface area contributed by atoms with Crippen molar-refractivity contribution in [2.75, 3.05) is 53.7 Å². The standard InChI is InChI=1S/C32H38FN3O8S/c1-23(32(38)34-15-14-24-6-13-29(41-2)30(20-24)42-3)36(21-25-4-7-26(33)8-5-25)31(37)22-44-27-9-11-28(12-10-27)45(39,40)35-16-18-43-19-17-35/h4-13,20,23H,14-19,21-22H2,1-3H3,(H,34,38)/t23-/m0/s1. The topological polar surface area (TPSA) is 124 Å². The van der Waals surface area contributed by atoms with Gasteiger partial charge in [-0.15, -0.1) is 0 Å². The van der Waals surface area contributed by atoms with E-state index >= 15 is 0 Å². The summed E-state index contributed by atoms with van der Waals surface area (Å²) < 4.78 is 62.2. The molecule has 11 nitrogen and oxygen atoms in total. The van der Waals surface area contributed by atoms with E-state index in [9.17, 15) is 22.4 Å². The van der Waals surface area contributed by atoms with Crippen LogP contribution in [0.2, 0.25) is 0 Å². The van der Waals surface area contributed by atoms with Crippen molar-refractivity contribution in [3.63, 3.8) is 0 Å². The molecule has 1 saturated heterocycles. The average molecular weight is 644 g/mol. The van der Waals surface area contributed by atoms with Gasteiger partial charge in [0.25, 0.3) is 5.91 Å². The molecule has 2 amide bonds. The normalized spacial score (nSPS) is 14.3. The number of nitrogens with one attached hydrogen (secondary N) is 1. The molecule has 4 rings (SSSR count). The van der Waals surface area contributed by atoms with Gasteiger partial charge in [0.05, 0.1) is 32.3 Å². The summed E-state index contributed by atoms with van der Waals surface area (Å²) in [6.07, 6.45) is 0.519. The summed E-state index contributed by atoms with van der Waals surface area (Å²) in [7, 11) is -0.571. The van der Waals surface area contributed by atoms with Crippen LogP contribution in [-0.2, 0) is 37.3 Å². The Kier molecular flexibility index (Phi) is 11.7. The summed E-state index contributed by atoms with van der Waals surface area (Å²) in [6, 6.07) is 16.1. The Morgan fingerprint density at radius 2 is 1.60 bits per heavy atom. The van der Waals surface area contributed by atoms with E-state index in [4.69, 9.17) is 18.9 Å². The Balaban J connectivity index is 1.39.